The number of benzene rings is 1. The molecule has 0 unspecified atom stereocenters. The SMILES string of the molecule is Cc1cc(C)c(CCCC(S)S)[n+](-c2nc3ccc(C(F)(F)F)cc3[nH]2)c1.[Cl-]. The number of aryl methyl sites for hydroxylation is 2. The Hall–Kier alpha value is -1.38. The van der Waals surface area contributed by atoms with Gasteiger partial charge in [-0.15, -0.1) is 0 Å². The highest BCUT2D eigenvalue weighted by atomic mass is 35.5. The molecule has 0 bridgehead atoms. The zero-order valence-electron chi connectivity index (χ0n) is 15.4. The third-order valence-corrected chi connectivity index (χ3v) is 4.94. The van der Waals surface area contributed by atoms with Crippen molar-refractivity contribution in [3.05, 3.63) is 52.8 Å². The minimum atomic E-state index is -4.38. The van der Waals surface area contributed by atoms with Gasteiger partial charge in [0.1, 0.15) is 5.52 Å². The fourth-order valence-electron chi connectivity index (χ4n) is 3.18. The average Bonchev–Trinajstić information content (AvgIpc) is 2.98. The second kappa shape index (κ2) is 8.97. The van der Waals surface area contributed by atoms with E-state index in [1.807, 2.05) is 24.6 Å². The number of pyridine rings is 1. The molecule has 3 aromatic rings. The predicted octanol–water partition coefficient (Wildman–Crippen LogP) is 1.99. The lowest BCUT2D eigenvalue weighted by Gasteiger charge is -2.11. The summed E-state index contributed by atoms with van der Waals surface area (Å²) in [7, 11) is 0. The van der Waals surface area contributed by atoms with Crippen LogP contribution >= 0.6 is 25.3 Å². The molecule has 0 aliphatic carbocycles. The maximum atomic E-state index is 13.0. The molecule has 3 nitrogen and oxygen atoms in total. The van der Waals surface area contributed by atoms with Crippen molar-refractivity contribution in [2.75, 3.05) is 0 Å². The van der Waals surface area contributed by atoms with E-state index in [0.29, 0.717) is 17.0 Å². The Morgan fingerprint density at radius 3 is 2.54 bits per heavy atom. The zero-order valence-corrected chi connectivity index (χ0v) is 17.9. The molecule has 0 fully saturated rings. The molecule has 0 radical (unpaired) electrons. The number of H-pyrrole nitrogens is 1. The number of hydrogen-bond acceptors (Lipinski definition) is 3. The predicted molar refractivity (Wildman–Crippen MR) is 107 cm³/mol. The van der Waals surface area contributed by atoms with Crippen molar-refractivity contribution < 1.29 is 30.1 Å². The number of nitrogens with one attached hydrogen (secondary N) is 1. The van der Waals surface area contributed by atoms with Crippen molar-refractivity contribution in [2.24, 2.45) is 0 Å². The van der Waals surface area contributed by atoms with Crippen LogP contribution < -0.4 is 17.0 Å². The number of aromatic amines is 1. The summed E-state index contributed by atoms with van der Waals surface area (Å²) in [5, 5.41) is 0. The largest absolute Gasteiger partial charge is 1.00 e. The summed E-state index contributed by atoms with van der Waals surface area (Å²) in [6.45, 7) is 4.01. The molecule has 0 atom stereocenters. The van der Waals surface area contributed by atoms with Crippen LogP contribution in [0.1, 0.15) is 35.2 Å². The van der Waals surface area contributed by atoms with Crippen molar-refractivity contribution in [1.82, 2.24) is 9.97 Å². The fourth-order valence-corrected chi connectivity index (χ4v) is 3.54. The van der Waals surface area contributed by atoms with E-state index < -0.39 is 11.7 Å². The average molecular weight is 448 g/mol. The Morgan fingerprint density at radius 2 is 1.89 bits per heavy atom. The van der Waals surface area contributed by atoms with Crippen LogP contribution in [0.5, 0.6) is 0 Å². The summed E-state index contributed by atoms with van der Waals surface area (Å²) in [6.07, 6.45) is 0.126. The molecule has 9 heteroatoms. The van der Waals surface area contributed by atoms with E-state index in [1.165, 1.54) is 6.07 Å². The number of alkyl halides is 3. The molecule has 152 valence electrons. The topological polar surface area (TPSA) is 32.6 Å². The van der Waals surface area contributed by atoms with Crippen LogP contribution in [0, 0.1) is 13.8 Å². The highest BCUT2D eigenvalue weighted by Crippen LogP contribution is 2.31. The number of imidazole rings is 1. The van der Waals surface area contributed by atoms with Gasteiger partial charge in [0.2, 0.25) is 0 Å². The van der Waals surface area contributed by atoms with E-state index in [-0.39, 0.29) is 17.0 Å². The van der Waals surface area contributed by atoms with Gasteiger partial charge in [0.05, 0.1) is 17.5 Å². The quantitative estimate of drug-likeness (QED) is 0.312. The summed E-state index contributed by atoms with van der Waals surface area (Å²) < 4.78 is 40.9. The van der Waals surface area contributed by atoms with Gasteiger partial charge >= 0.3 is 12.1 Å². The molecule has 0 saturated heterocycles. The van der Waals surface area contributed by atoms with E-state index in [9.17, 15) is 13.2 Å². The van der Waals surface area contributed by atoms with Gasteiger partial charge in [-0.2, -0.15) is 38.4 Å². The van der Waals surface area contributed by atoms with Gasteiger partial charge in [0.15, 0.2) is 5.52 Å². The van der Waals surface area contributed by atoms with Crippen molar-refractivity contribution in [3.8, 4) is 5.95 Å². The minimum Gasteiger partial charge on any atom is -1.00 e. The molecule has 3 rings (SSSR count). The number of halogens is 4. The summed E-state index contributed by atoms with van der Waals surface area (Å²) in [5.74, 6) is 0.513. The summed E-state index contributed by atoms with van der Waals surface area (Å²) >= 11 is 8.59. The summed E-state index contributed by atoms with van der Waals surface area (Å²) in [4.78, 5) is 7.54. The van der Waals surface area contributed by atoms with Crippen LogP contribution in [0.25, 0.3) is 17.0 Å². The molecule has 0 aliphatic heterocycles. The van der Waals surface area contributed by atoms with Crippen molar-refractivity contribution in [1.29, 1.82) is 0 Å². The standard InChI is InChI=1S/C19H20F3N3S2.ClH/c1-11-8-12(2)16(4-3-5-17(26)27)25(10-11)18-23-14-7-6-13(19(20,21)22)9-15(14)24-18;/h6-10,17H,3-5H2,1-2H3,(H2-,23,24,26,27);1H. The second-order valence-corrected chi connectivity index (χ2v) is 8.33. The number of fused-ring (bicyclic) bond motifs is 1. The van der Waals surface area contributed by atoms with Crippen LogP contribution in [0.15, 0.2) is 30.5 Å². The summed E-state index contributed by atoms with van der Waals surface area (Å²) in [5.41, 5.74) is 3.40. The van der Waals surface area contributed by atoms with Crippen molar-refractivity contribution >= 4 is 36.3 Å². The molecule has 0 aliphatic rings. The Bertz CT molecular complexity index is 971. The molecule has 1 N–H and O–H groups in total. The highest BCUT2D eigenvalue weighted by Gasteiger charge is 2.31. The van der Waals surface area contributed by atoms with Crippen LogP contribution in [-0.4, -0.2) is 14.5 Å². The van der Waals surface area contributed by atoms with E-state index in [1.54, 1.807) is 0 Å². The monoisotopic (exact) mass is 447 g/mol. The van der Waals surface area contributed by atoms with Crippen LogP contribution in [0.4, 0.5) is 13.2 Å². The molecule has 0 amide bonds. The van der Waals surface area contributed by atoms with Gasteiger partial charge in [-0.3, -0.25) is 0 Å². The molecule has 2 heterocycles. The van der Waals surface area contributed by atoms with Gasteiger partial charge in [-0.05, 0) is 56.0 Å². The fraction of sp³-hybridized carbons (Fsp3) is 0.368. The minimum absolute atomic E-state index is 0. The first-order chi connectivity index (χ1) is 12.6. The normalized spacial score (nSPS) is 11.9. The maximum Gasteiger partial charge on any atom is 0.416 e. The number of aromatic nitrogens is 3. The van der Waals surface area contributed by atoms with Crippen LogP contribution in [0.3, 0.4) is 0 Å². The molecule has 0 spiro atoms. The smallest absolute Gasteiger partial charge is 0.416 e. The van der Waals surface area contributed by atoms with Crippen LogP contribution in [-0.2, 0) is 12.6 Å². The van der Waals surface area contributed by atoms with E-state index in [4.69, 9.17) is 0 Å². The first kappa shape index (κ1) is 22.9. The molecule has 0 saturated carbocycles. The lowest BCUT2D eigenvalue weighted by atomic mass is 10.1. The number of hydrogen-bond donors (Lipinski definition) is 3. The number of thiol groups is 2. The molecule has 1 aromatic carbocycles. The van der Waals surface area contributed by atoms with Gasteiger partial charge < -0.3 is 12.4 Å². The molecular weight excluding hydrogens is 427 g/mol. The highest BCUT2D eigenvalue weighted by molar-refractivity contribution is 7.99. The third kappa shape index (κ3) is 5.15. The Balaban J connectivity index is 0.00000280. The lowest BCUT2D eigenvalue weighted by Crippen LogP contribution is -3.00. The van der Waals surface area contributed by atoms with E-state index >= 15 is 0 Å². The second-order valence-electron chi connectivity index (χ2n) is 6.68. The Labute approximate surface area is 179 Å². The molecule has 28 heavy (non-hydrogen) atoms. The summed E-state index contributed by atoms with van der Waals surface area (Å²) in [6, 6.07) is 5.64. The third-order valence-electron chi connectivity index (χ3n) is 4.42. The van der Waals surface area contributed by atoms with E-state index in [2.05, 4.69) is 41.3 Å². The molecular formula is C19H21ClF3N3S2. The maximum absolute atomic E-state index is 13.0. The van der Waals surface area contributed by atoms with Gasteiger partial charge in [0.25, 0.3) is 0 Å². The van der Waals surface area contributed by atoms with Gasteiger partial charge in [0, 0.05) is 11.0 Å². The number of nitrogens with zero attached hydrogens (tertiary/aromatic N) is 2. The first-order valence-electron chi connectivity index (χ1n) is 8.60. The van der Waals surface area contributed by atoms with Gasteiger partial charge in [-0.1, -0.05) is 11.1 Å². The Kier molecular flexibility index (Phi) is 7.33. The van der Waals surface area contributed by atoms with Gasteiger partial charge in [-0.25, -0.2) is 9.55 Å². The van der Waals surface area contributed by atoms with Crippen molar-refractivity contribution in [2.45, 2.75) is 43.9 Å². The lowest BCUT2D eigenvalue weighted by molar-refractivity contribution is -0.612. The zero-order chi connectivity index (χ0) is 19.8. The molecule has 2 aromatic heterocycles. The Morgan fingerprint density at radius 1 is 1.18 bits per heavy atom. The van der Waals surface area contributed by atoms with Crippen molar-refractivity contribution in [3.63, 3.8) is 0 Å². The first-order valence-corrected chi connectivity index (χ1v) is 9.63. The number of rotatable bonds is 5. The van der Waals surface area contributed by atoms with Crippen LogP contribution in [0.2, 0.25) is 0 Å². The van der Waals surface area contributed by atoms with E-state index in [0.717, 1.165) is 48.2 Å².